The molecule has 0 bridgehead atoms. The molecule has 2 aliphatic carbocycles. The van der Waals surface area contributed by atoms with E-state index in [-0.39, 0.29) is 0 Å². The number of nitrogens with zero attached hydrogens (tertiary/aromatic N) is 1. The molecule has 1 N–H and O–H groups in total. The molecule has 18 heavy (non-hydrogen) atoms. The summed E-state index contributed by atoms with van der Waals surface area (Å²) in [6, 6.07) is 0.634. The van der Waals surface area contributed by atoms with Crippen molar-refractivity contribution in [3.8, 4) is 0 Å². The van der Waals surface area contributed by atoms with E-state index < -0.39 is 0 Å². The van der Waals surface area contributed by atoms with Crippen LogP contribution in [0.1, 0.15) is 64.2 Å². The van der Waals surface area contributed by atoms with Crippen LogP contribution in [-0.2, 0) is 0 Å². The van der Waals surface area contributed by atoms with Crippen LogP contribution in [-0.4, -0.2) is 25.7 Å². The molecule has 1 unspecified atom stereocenters. The Morgan fingerprint density at radius 2 is 1.61 bits per heavy atom. The van der Waals surface area contributed by atoms with Gasteiger partial charge in [-0.3, -0.25) is 0 Å². The third kappa shape index (κ3) is 2.46. The molecule has 1 radical (unpaired) electrons. The maximum absolute atomic E-state index is 5.04. The zero-order chi connectivity index (χ0) is 12.3. The van der Waals surface area contributed by atoms with Gasteiger partial charge in [-0.2, -0.15) is 0 Å². The molecule has 1 heterocycles. The first-order chi connectivity index (χ1) is 8.92. The molecular formula is C16H29N2. The Kier molecular flexibility index (Phi) is 4.25. The fraction of sp³-hybridized carbons (Fsp3) is 1.00. The molecule has 0 aromatic rings. The van der Waals surface area contributed by atoms with Gasteiger partial charge < -0.3 is 5.32 Å². The average molecular weight is 249 g/mol. The summed E-state index contributed by atoms with van der Waals surface area (Å²) in [4.78, 5) is 0. The molecule has 3 fully saturated rings. The third-order valence-corrected chi connectivity index (χ3v) is 5.84. The van der Waals surface area contributed by atoms with E-state index >= 15 is 0 Å². The number of rotatable bonds is 2. The van der Waals surface area contributed by atoms with Crippen molar-refractivity contribution in [1.82, 2.24) is 10.6 Å². The summed E-state index contributed by atoms with van der Waals surface area (Å²) in [6.07, 6.45) is 14.7. The van der Waals surface area contributed by atoms with Crippen molar-refractivity contribution in [3.63, 3.8) is 0 Å². The van der Waals surface area contributed by atoms with Crippen molar-refractivity contribution in [2.75, 3.05) is 19.6 Å². The topological polar surface area (TPSA) is 26.1 Å². The van der Waals surface area contributed by atoms with Gasteiger partial charge in [-0.1, -0.05) is 38.5 Å². The molecule has 103 valence electrons. The summed E-state index contributed by atoms with van der Waals surface area (Å²) in [6.45, 7) is 3.33. The van der Waals surface area contributed by atoms with Crippen LogP contribution in [0, 0.1) is 11.3 Å². The van der Waals surface area contributed by atoms with Gasteiger partial charge in [0.2, 0.25) is 0 Å². The molecule has 2 nitrogen and oxygen atoms in total. The summed E-state index contributed by atoms with van der Waals surface area (Å²) in [5, 5.41) is 8.64. The lowest BCUT2D eigenvalue weighted by Gasteiger charge is -2.51. The van der Waals surface area contributed by atoms with E-state index in [9.17, 15) is 0 Å². The molecule has 3 aliphatic rings. The largest absolute Gasteiger partial charge is 0.314 e. The molecule has 2 heteroatoms. The predicted octanol–water partition coefficient (Wildman–Crippen LogP) is 3.09. The summed E-state index contributed by atoms with van der Waals surface area (Å²) >= 11 is 0. The van der Waals surface area contributed by atoms with Crippen LogP contribution in [0.25, 0.3) is 0 Å². The van der Waals surface area contributed by atoms with Crippen LogP contribution >= 0.6 is 0 Å². The first-order valence-electron chi connectivity index (χ1n) is 8.29. The monoisotopic (exact) mass is 249 g/mol. The molecule has 2 saturated carbocycles. The summed E-state index contributed by atoms with van der Waals surface area (Å²) in [5.41, 5.74) is 0.589. The van der Waals surface area contributed by atoms with Gasteiger partial charge in [-0.25, -0.2) is 5.32 Å². The van der Waals surface area contributed by atoms with E-state index in [2.05, 4.69) is 5.32 Å². The maximum atomic E-state index is 5.04. The van der Waals surface area contributed by atoms with Crippen molar-refractivity contribution in [3.05, 3.63) is 0 Å². The van der Waals surface area contributed by atoms with E-state index in [4.69, 9.17) is 5.32 Å². The van der Waals surface area contributed by atoms with E-state index in [0.29, 0.717) is 11.5 Å². The normalized spacial score (nSPS) is 34.3. The highest BCUT2D eigenvalue weighted by molar-refractivity contribution is 5.00. The van der Waals surface area contributed by atoms with E-state index in [1.165, 1.54) is 64.2 Å². The minimum atomic E-state index is 0.589. The number of nitrogens with one attached hydrogen (secondary N) is 1. The van der Waals surface area contributed by atoms with Gasteiger partial charge >= 0.3 is 0 Å². The van der Waals surface area contributed by atoms with Gasteiger partial charge in [-0.05, 0) is 37.0 Å². The standard InChI is InChI=1S/C16H29N2/c1-3-7-14(8-4-1)16(9-5-2-6-10-16)15-13-17-11-12-18-15/h14-15,17H,1-13H2. The van der Waals surface area contributed by atoms with Gasteiger partial charge in [0.25, 0.3) is 0 Å². The van der Waals surface area contributed by atoms with Crippen LogP contribution in [0.2, 0.25) is 0 Å². The van der Waals surface area contributed by atoms with Crippen molar-refractivity contribution >= 4 is 0 Å². The zero-order valence-corrected chi connectivity index (χ0v) is 11.8. The minimum Gasteiger partial charge on any atom is -0.314 e. The van der Waals surface area contributed by atoms with E-state index in [0.717, 1.165) is 25.6 Å². The Balaban J connectivity index is 1.77. The van der Waals surface area contributed by atoms with Gasteiger partial charge in [-0.15, -0.1) is 0 Å². The molecule has 1 saturated heterocycles. The fourth-order valence-corrected chi connectivity index (χ4v) is 4.89. The number of hydrogen-bond donors (Lipinski definition) is 1. The van der Waals surface area contributed by atoms with E-state index in [1.54, 1.807) is 0 Å². The SMILES string of the molecule is C1CCC(C2(C3CNCC[N]3)CCCCC2)CC1. The molecule has 1 aliphatic heterocycles. The lowest BCUT2D eigenvalue weighted by molar-refractivity contribution is 0.0183. The molecule has 0 aromatic carbocycles. The molecule has 0 amide bonds. The molecule has 0 spiro atoms. The highest BCUT2D eigenvalue weighted by Crippen LogP contribution is 2.50. The van der Waals surface area contributed by atoms with Crippen molar-refractivity contribution < 1.29 is 0 Å². The Morgan fingerprint density at radius 1 is 0.889 bits per heavy atom. The average Bonchev–Trinajstić information content (AvgIpc) is 2.50. The maximum Gasteiger partial charge on any atom is 0.0430 e. The quantitative estimate of drug-likeness (QED) is 0.799. The minimum absolute atomic E-state index is 0.589. The van der Waals surface area contributed by atoms with Gasteiger partial charge in [0, 0.05) is 25.7 Å². The zero-order valence-electron chi connectivity index (χ0n) is 11.8. The molecular weight excluding hydrogens is 220 g/mol. The summed E-state index contributed by atoms with van der Waals surface area (Å²) in [5.74, 6) is 0.986. The summed E-state index contributed by atoms with van der Waals surface area (Å²) < 4.78 is 0. The van der Waals surface area contributed by atoms with E-state index in [1.807, 2.05) is 0 Å². The van der Waals surface area contributed by atoms with Crippen LogP contribution in [0.4, 0.5) is 0 Å². The van der Waals surface area contributed by atoms with Gasteiger partial charge in [0.15, 0.2) is 0 Å². The van der Waals surface area contributed by atoms with Crippen LogP contribution < -0.4 is 10.6 Å². The van der Waals surface area contributed by atoms with Crippen molar-refractivity contribution in [2.45, 2.75) is 70.3 Å². The molecule has 1 atom stereocenters. The first kappa shape index (κ1) is 12.9. The Morgan fingerprint density at radius 3 is 2.28 bits per heavy atom. The first-order valence-corrected chi connectivity index (χ1v) is 8.29. The number of piperazine rings is 1. The Bertz CT molecular complexity index is 226. The third-order valence-electron chi connectivity index (χ3n) is 5.84. The summed E-state index contributed by atoms with van der Waals surface area (Å²) in [7, 11) is 0. The van der Waals surface area contributed by atoms with Gasteiger partial charge in [0.1, 0.15) is 0 Å². The van der Waals surface area contributed by atoms with Crippen molar-refractivity contribution in [2.24, 2.45) is 11.3 Å². The fourth-order valence-electron chi connectivity index (χ4n) is 4.89. The predicted molar refractivity (Wildman–Crippen MR) is 75.8 cm³/mol. The second-order valence-electron chi connectivity index (χ2n) is 6.75. The highest BCUT2D eigenvalue weighted by Gasteiger charge is 2.46. The highest BCUT2D eigenvalue weighted by atomic mass is 15.1. The van der Waals surface area contributed by atoms with Crippen LogP contribution in [0.15, 0.2) is 0 Å². The lowest BCUT2D eigenvalue weighted by Crippen LogP contribution is -2.57. The number of hydrogen-bond acceptors (Lipinski definition) is 1. The molecule has 3 rings (SSSR count). The second-order valence-corrected chi connectivity index (χ2v) is 6.75. The molecule has 0 aromatic heterocycles. The van der Waals surface area contributed by atoms with Crippen LogP contribution in [0.3, 0.4) is 0 Å². The lowest BCUT2D eigenvalue weighted by atomic mass is 9.58. The van der Waals surface area contributed by atoms with Gasteiger partial charge in [0.05, 0.1) is 0 Å². The Hall–Kier alpha value is -0.0800. The van der Waals surface area contributed by atoms with Crippen LogP contribution in [0.5, 0.6) is 0 Å². The van der Waals surface area contributed by atoms with Crippen molar-refractivity contribution in [1.29, 1.82) is 0 Å². The smallest absolute Gasteiger partial charge is 0.0430 e. The second kappa shape index (κ2) is 5.92. The Labute approximate surface area is 112 Å².